The van der Waals surface area contributed by atoms with Gasteiger partial charge in [0.2, 0.25) is 5.91 Å². The molecule has 1 heterocycles. The number of hydrogen-bond acceptors (Lipinski definition) is 3. The highest BCUT2D eigenvalue weighted by atomic mass is 16.5. The van der Waals surface area contributed by atoms with Crippen LogP contribution in [0.5, 0.6) is 5.75 Å². The number of piperidine rings is 1. The Morgan fingerprint density at radius 3 is 2.83 bits per heavy atom. The number of carbonyl (C=O) groups excluding carboxylic acids is 1. The van der Waals surface area contributed by atoms with Crippen molar-refractivity contribution in [3.63, 3.8) is 0 Å². The van der Waals surface area contributed by atoms with Crippen molar-refractivity contribution >= 4 is 5.91 Å². The zero-order valence-corrected chi connectivity index (χ0v) is 14.5. The topological polar surface area (TPSA) is 49.8 Å². The Morgan fingerprint density at radius 1 is 1.39 bits per heavy atom. The van der Waals surface area contributed by atoms with Crippen LogP contribution in [0.2, 0.25) is 0 Å². The Hall–Kier alpha value is -1.55. The first-order valence-electron chi connectivity index (χ1n) is 8.59. The number of aliphatic hydroxyl groups is 1. The summed E-state index contributed by atoms with van der Waals surface area (Å²) >= 11 is 0. The number of likely N-dealkylation sites (tertiary alicyclic amines) is 1. The van der Waals surface area contributed by atoms with Gasteiger partial charge in [-0.05, 0) is 43.7 Å². The molecule has 128 valence electrons. The van der Waals surface area contributed by atoms with Crippen LogP contribution in [0.3, 0.4) is 0 Å². The minimum Gasteiger partial charge on any atom is -0.496 e. The van der Waals surface area contributed by atoms with Gasteiger partial charge in [-0.2, -0.15) is 0 Å². The highest BCUT2D eigenvalue weighted by Gasteiger charge is 2.27. The second-order valence-electron chi connectivity index (χ2n) is 6.81. The Balaban J connectivity index is 1.89. The van der Waals surface area contributed by atoms with Crippen molar-refractivity contribution in [3.8, 4) is 5.75 Å². The number of hydrogen-bond donors (Lipinski definition) is 1. The first-order valence-corrected chi connectivity index (χ1v) is 8.59. The van der Waals surface area contributed by atoms with E-state index in [1.807, 2.05) is 30.0 Å². The number of benzene rings is 1. The number of ether oxygens (including phenoxy) is 1. The molecule has 1 amide bonds. The molecule has 0 aliphatic carbocycles. The number of carbonyl (C=O) groups is 1. The number of aliphatic hydroxyl groups excluding tert-OH is 1. The lowest BCUT2D eigenvalue weighted by atomic mass is 9.92. The number of amides is 1. The largest absolute Gasteiger partial charge is 0.496 e. The highest BCUT2D eigenvalue weighted by Crippen LogP contribution is 2.24. The van der Waals surface area contributed by atoms with Crippen molar-refractivity contribution in [2.45, 2.75) is 45.6 Å². The molecule has 0 bridgehead atoms. The highest BCUT2D eigenvalue weighted by molar-refractivity contribution is 5.76. The molecule has 1 saturated heterocycles. The van der Waals surface area contributed by atoms with Crippen molar-refractivity contribution in [2.75, 3.05) is 20.2 Å². The van der Waals surface area contributed by atoms with Gasteiger partial charge in [0.15, 0.2) is 0 Å². The monoisotopic (exact) mass is 319 g/mol. The predicted molar refractivity (Wildman–Crippen MR) is 91.5 cm³/mol. The summed E-state index contributed by atoms with van der Waals surface area (Å²) in [6.45, 7) is 5.45. The maximum atomic E-state index is 12.5. The lowest BCUT2D eigenvalue weighted by molar-refractivity contribution is -0.134. The lowest BCUT2D eigenvalue weighted by Gasteiger charge is -2.34. The molecule has 1 N–H and O–H groups in total. The van der Waals surface area contributed by atoms with E-state index in [1.165, 1.54) is 0 Å². The molecule has 23 heavy (non-hydrogen) atoms. The van der Waals surface area contributed by atoms with Gasteiger partial charge >= 0.3 is 0 Å². The van der Waals surface area contributed by atoms with Crippen LogP contribution < -0.4 is 4.74 Å². The van der Waals surface area contributed by atoms with Gasteiger partial charge in [0, 0.05) is 25.4 Å². The van der Waals surface area contributed by atoms with E-state index in [1.54, 1.807) is 7.11 Å². The lowest BCUT2D eigenvalue weighted by Crippen LogP contribution is -2.43. The third kappa shape index (κ3) is 4.96. The summed E-state index contributed by atoms with van der Waals surface area (Å²) < 4.78 is 5.38. The molecule has 0 spiro atoms. The van der Waals surface area contributed by atoms with Crippen molar-refractivity contribution < 1.29 is 14.6 Å². The maximum Gasteiger partial charge on any atom is 0.222 e. The average molecular weight is 319 g/mol. The van der Waals surface area contributed by atoms with Gasteiger partial charge in [-0.3, -0.25) is 4.79 Å². The summed E-state index contributed by atoms with van der Waals surface area (Å²) in [4.78, 5) is 14.5. The fourth-order valence-corrected chi connectivity index (χ4v) is 3.38. The Bertz CT molecular complexity index is 515. The zero-order chi connectivity index (χ0) is 16.8. The summed E-state index contributed by atoms with van der Waals surface area (Å²) in [5.41, 5.74) is 1.15. The molecule has 0 radical (unpaired) electrons. The molecule has 1 aliphatic heterocycles. The molecular formula is C19H29NO3. The maximum absolute atomic E-state index is 12.5. The van der Waals surface area contributed by atoms with Gasteiger partial charge in [0.05, 0.1) is 13.2 Å². The molecule has 4 nitrogen and oxygen atoms in total. The van der Waals surface area contributed by atoms with Gasteiger partial charge in [0.25, 0.3) is 0 Å². The molecule has 4 heteroatoms. The first kappa shape index (κ1) is 17.8. The third-order valence-corrected chi connectivity index (χ3v) is 4.78. The molecule has 0 saturated carbocycles. The molecule has 0 aromatic heterocycles. The van der Waals surface area contributed by atoms with Crippen molar-refractivity contribution in [1.29, 1.82) is 0 Å². The van der Waals surface area contributed by atoms with Crippen molar-refractivity contribution in [1.82, 2.24) is 4.90 Å². The van der Waals surface area contributed by atoms with Crippen LogP contribution in [-0.4, -0.2) is 42.2 Å². The summed E-state index contributed by atoms with van der Waals surface area (Å²) in [7, 11) is 1.68. The fraction of sp³-hybridized carbons (Fsp3) is 0.632. The third-order valence-electron chi connectivity index (χ3n) is 4.78. The van der Waals surface area contributed by atoms with E-state index >= 15 is 0 Å². The molecule has 3 unspecified atom stereocenters. The van der Waals surface area contributed by atoms with E-state index in [0.29, 0.717) is 13.0 Å². The van der Waals surface area contributed by atoms with Crippen LogP contribution in [-0.2, 0) is 11.2 Å². The van der Waals surface area contributed by atoms with Crippen molar-refractivity contribution in [3.05, 3.63) is 29.8 Å². The van der Waals surface area contributed by atoms with Gasteiger partial charge < -0.3 is 14.7 Å². The van der Waals surface area contributed by atoms with E-state index in [4.69, 9.17) is 4.74 Å². The summed E-state index contributed by atoms with van der Waals surface area (Å²) in [6, 6.07) is 7.98. The van der Waals surface area contributed by atoms with Gasteiger partial charge in [-0.1, -0.05) is 25.1 Å². The van der Waals surface area contributed by atoms with Crippen LogP contribution in [0.25, 0.3) is 0 Å². The van der Waals surface area contributed by atoms with E-state index in [9.17, 15) is 9.90 Å². The minimum atomic E-state index is -0.336. The average Bonchev–Trinajstić information content (AvgIpc) is 2.55. The van der Waals surface area contributed by atoms with E-state index in [2.05, 4.69) is 13.0 Å². The fourth-order valence-electron chi connectivity index (χ4n) is 3.38. The van der Waals surface area contributed by atoms with Crippen LogP contribution in [0, 0.1) is 11.8 Å². The molecule has 3 atom stereocenters. The molecule has 1 fully saturated rings. The Labute approximate surface area is 139 Å². The van der Waals surface area contributed by atoms with Gasteiger partial charge in [0.1, 0.15) is 5.75 Å². The standard InChI is InChI=1S/C19H29NO3/c1-14(11-16-7-4-5-9-18(16)23-3)12-19(22)20-10-6-8-17(13-20)15(2)21/h4-5,7,9,14-15,17,21H,6,8,10-13H2,1-3H3. The number of para-hydroxylation sites is 1. The molecule has 2 rings (SSSR count). The first-order chi connectivity index (χ1) is 11.0. The van der Waals surface area contributed by atoms with Crippen LogP contribution >= 0.6 is 0 Å². The van der Waals surface area contributed by atoms with Crippen LogP contribution in [0.4, 0.5) is 0 Å². The number of rotatable bonds is 6. The summed E-state index contributed by atoms with van der Waals surface area (Å²) in [6.07, 6.45) is 3.05. The van der Waals surface area contributed by atoms with E-state index in [0.717, 1.165) is 37.1 Å². The second-order valence-corrected chi connectivity index (χ2v) is 6.81. The van der Waals surface area contributed by atoms with E-state index < -0.39 is 0 Å². The number of nitrogens with zero attached hydrogens (tertiary/aromatic N) is 1. The van der Waals surface area contributed by atoms with Crippen molar-refractivity contribution in [2.24, 2.45) is 11.8 Å². The Kier molecular flexibility index (Phi) is 6.46. The quantitative estimate of drug-likeness (QED) is 0.877. The van der Waals surface area contributed by atoms with Crippen LogP contribution in [0.1, 0.15) is 38.7 Å². The zero-order valence-electron chi connectivity index (χ0n) is 14.5. The number of methoxy groups -OCH3 is 1. The molecule has 1 aromatic carbocycles. The van der Waals surface area contributed by atoms with E-state index in [-0.39, 0.29) is 23.8 Å². The SMILES string of the molecule is COc1ccccc1CC(C)CC(=O)N1CCCC(C(C)O)C1. The normalized spacial score (nSPS) is 20.9. The Morgan fingerprint density at radius 2 is 2.13 bits per heavy atom. The molecular weight excluding hydrogens is 290 g/mol. The van der Waals surface area contributed by atoms with Crippen LogP contribution in [0.15, 0.2) is 24.3 Å². The molecule has 1 aromatic rings. The summed E-state index contributed by atoms with van der Waals surface area (Å²) in [5, 5.41) is 9.76. The predicted octanol–water partition coefficient (Wildman–Crippen LogP) is 2.88. The molecule has 1 aliphatic rings. The van der Waals surface area contributed by atoms with Gasteiger partial charge in [-0.15, -0.1) is 0 Å². The van der Waals surface area contributed by atoms with Gasteiger partial charge in [-0.25, -0.2) is 0 Å². The second kappa shape index (κ2) is 8.34. The smallest absolute Gasteiger partial charge is 0.222 e. The minimum absolute atomic E-state index is 0.206. The summed E-state index contributed by atoms with van der Waals surface area (Å²) in [5.74, 6) is 1.58.